The lowest BCUT2D eigenvalue weighted by molar-refractivity contribution is -0.0805. The summed E-state index contributed by atoms with van der Waals surface area (Å²) in [5, 5.41) is 41.2. The van der Waals surface area contributed by atoms with Gasteiger partial charge >= 0.3 is 0 Å². The molecule has 2 saturated carbocycles. The van der Waals surface area contributed by atoms with Gasteiger partial charge in [0.05, 0.1) is 18.3 Å². The Morgan fingerprint density at radius 1 is 1.03 bits per heavy atom. The molecule has 0 aromatic carbocycles. The predicted molar refractivity (Wildman–Crippen MR) is 123 cm³/mol. The lowest BCUT2D eigenvalue weighted by Crippen LogP contribution is -2.47. The molecule has 2 aliphatic carbocycles. The minimum atomic E-state index is -0.360. The Morgan fingerprint density at radius 3 is 2.30 bits per heavy atom. The van der Waals surface area contributed by atoms with Gasteiger partial charge < -0.3 is 20.4 Å². The zero-order chi connectivity index (χ0) is 22.7. The summed E-state index contributed by atoms with van der Waals surface area (Å²) in [6.45, 7) is 13.6. The van der Waals surface area contributed by atoms with E-state index in [1.54, 1.807) is 0 Å². The van der Waals surface area contributed by atoms with Crippen molar-refractivity contribution in [3.63, 3.8) is 0 Å². The molecule has 0 saturated heterocycles. The van der Waals surface area contributed by atoms with Crippen LogP contribution in [-0.4, -0.2) is 45.3 Å². The molecule has 4 nitrogen and oxygen atoms in total. The van der Waals surface area contributed by atoms with Crippen LogP contribution in [0.5, 0.6) is 0 Å². The summed E-state index contributed by atoms with van der Waals surface area (Å²) >= 11 is 0. The van der Waals surface area contributed by atoms with Crippen molar-refractivity contribution >= 4 is 0 Å². The summed E-state index contributed by atoms with van der Waals surface area (Å²) < 4.78 is 0. The van der Waals surface area contributed by atoms with Gasteiger partial charge in [-0.25, -0.2) is 0 Å². The van der Waals surface area contributed by atoms with Gasteiger partial charge in [0.1, 0.15) is 0 Å². The van der Waals surface area contributed by atoms with Crippen molar-refractivity contribution in [1.82, 2.24) is 0 Å². The minimum Gasteiger partial charge on any atom is -0.396 e. The fourth-order valence-corrected chi connectivity index (χ4v) is 7.19. The van der Waals surface area contributed by atoms with E-state index in [0.717, 1.165) is 44.9 Å². The van der Waals surface area contributed by atoms with Gasteiger partial charge in [0.25, 0.3) is 0 Å². The third-order valence-corrected chi connectivity index (χ3v) is 9.83. The highest BCUT2D eigenvalue weighted by Gasteiger charge is 2.52. The average molecular weight is 427 g/mol. The van der Waals surface area contributed by atoms with Crippen molar-refractivity contribution in [3.05, 3.63) is 0 Å². The SMILES string of the molecule is C[C@H](O)CC1C[C@H](O)CC[C@]1(C)[C@H](C)C[C@H](O)[C@@]1(C)[C@H](C)CC[C@@H]1[C@H](C)CCCO. The number of aliphatic hydroxyl groups is 4. The van der Waals surface area contributed by atoms with Gasteiger partial charge in [-0.1, -0.05) is 34.6 Å². The van der Waals surface area contributed by atoms with Crippen LogP contribution in [-0.2, 0) is 0 Å². The van der Waals surface area contributed by atoms with Gasteiger partial charge in [-0.05, 0) is 105 Å². The molecule has 0 aliphatic heterocycles. The second-order valence-corrected chi connectivity index (χ2v) is 11.7. The Bertz CT molecular complexity index is 521. The molecule has 1 unspecified atom stereocenters. The van der Waals surface area contributed by atoms with E-state index < -0.39 is 0 Å². The molecule has 0 radical (unpaired) electrons. The fourth-order valence-electron chi connectivity index (χ4n) is 7.19. The predicted octanol–water partition coefficient (Wildman–Crippen LogP) is 4.77. The van der Waals surface area contributed by atoms with Crippen LogP contribution in [0, 0.1) is 40.4 Å². The van der Waals surface area contributed by atoms with Crippen LogP contribution >= 0.6 is 0 Å². The van der Waals surface area contributed by atoms with Gasteiger partial charge in [0, 0.05) is 6.61 Å². The molecule has 0 bridgehead atoms. The van der Waals surface area contributed by atoms with Crippen molar-refractivity contribution in [1.29, 1.82) is 0 Å². The summed E-state index contributed by atoms with van der Waals surface area (Å²) in [5.74, 6) is 2.13. The van der Waals surface area contributed by atoms with E-state index in [2.05, 4.69) is 34.6 Å². The second-order valence-electron chi connectivity index (χ2n) is 11.7. The molecule has 178 valence electrons. The molecular weight excluding hydrogens is 376 g/mol. The first kappa shape index (κ1) is 26.1. The quantitative estimate of drug-likeness (QED) is 0.405. The van der Waals surface area contributed by atoms with Gasteiger partial charge in [-0.15, -0.1) is 0 Å². The zero-order valence-corrected chi connectivity index (χ0v) is 20.5. The maximum atomic E-state index is 11.6. The van der Waals surface area contributed by atoms with Gasteiger partial charge in [0.2, 0.25) is 0 Å². The molecule has 0 heterocycles. The molecule has 0 aromatic heterocycles. The standard InChI is InChI=1S/C26H50O4/c1-17(8-7-13-27)23-10-9-18(2)26(23,6)24(30)14-19(3)25(5)12-11-22(29)16-21(25)15-20(4)28/h17-24,27-30H,7-16H2,1-6H3/t17-,18-,19-,20+,21?,22-,23-,24+,25-,26+/m1/s1. The van der Waals surface area contributed by atoms with Crippen molar-refractivity contribution in [3.8, 4) is 0 Å². The lowest BCUT2D eigenvalue weighted by Gasteiger charge is -2.50. The normalized spacial score (nSPS) is 41.4. The monoisotopic (exact) mass is 426 g/mol. The van der Waals surface area contributed by atoms with Gasteiger partial charge in [-0.2, -0.15) is 0 Å². The molecule has 2 rings (SSSR count). The van der Waals surface area contributed by atoms with E-state index in [0.29, 0.717) is 23.7 Å². The van der Waals surface area contributed by atoms with E-state index in [-0.39, 0.29) is 41.7 Å². The van der Waals surface area contributed by atoms with Crippen LogP contribution in [0.1, 0.15) is 99.3 Å². The maximum absolute atomic E-state index is 11.6. The van der Waals surface area contributed by atoms with E-state index in [4.69, 9.17) is 0 Å². The molecular formula is C26H50O4. The van der Waals surface area contributed by atoms with E-state index >= 15 is 0 Å². The molecule has 30 heavy (non-hydrogen) atoms. The first-order chi connectivity index (χ1) is 14.0. The van der Waals surface area contributed by atoms with Crippen molar-refractivity contribution in [2.45, 2.75) is 118 Å². The smallest absolute Gasteiger partial charge is 0.0601 e. The number of rotatable bonds is 10. The largest absolute Gasteiger partial charge is 0.396 e. The van der Waals surface area contributed by atoms with Crippen molar-refractivity contribution in [2.75, 3.05) is 6.61 Å². The van der Waals surface area contributed by atoms with Crippen LogP contribution in [0.2, 0.25) is 0 Å². The summed E-state index contributed by atoms with van der Waals surface area (Å²) in [6.07, 6.45) is 7.30. The molecule has 0 aromatic rings. The average Bonchev–Trinajstić information content (AvgIpc) is 2.98. The third kappa shape index (κ3) is 5.42. The van der Waals surface area contributed by atoms with Crippen LogP contribution in [0.15, 0.2) is 0 Å². The van der Waals surface area contributed by atoms with Crippen LogP contribution in [0.4, 0.5) is 0 Å². The Balaban J connectivity index is 2.15. The summed E-state index contributed by atoms with van der Waals surface area (Å²) in [5.41, 5.74) is -0.0547. The molecule has 4 heteroatoms. The molecule has 0 spiro atoms. The van der Waals surface area contributed by atoms with Gasteiger partial charge in [0.15, 0.2) is 0 Å². The molecule has 2 aliphatic rings. The van der Waals surface area contributed by atoms with E-state index in [1.807, 2.05) is 6.92 Å². The molecule has 0 amide bonds. The summed E-state index contributed by atoms with van der Waals surface area (Å²) in [7, 11) is 0. The third-order valence-electron chi connectivity index (χ3n) is 9.83. The second kappa shape index (κ2) is 10.6. The fraction of sp³-hybridized carbons (Fsp3) is 1.00. The Hall–Kier alpha value is -0.160. The summed E-state index contributed by atoms with van der Waals surface area (Å²) in [4.78, 5) is 0. The Kier molecular flexibility index (Phi) is 9.25. The Morgan fingerprint density at radius 2 is 1.70 bits per heavy atom. The molecule has 2 fully saturated rings. The van der Waals surface area contributed by atoms with Crippen LogP contribution in [0.25, 0.3) is 0 Å². The topological polar surface area (TPSA) is 80.9 Å². The highest BCUT2D eigenvalue weighted by Crippen LogP contribution is 2.56. The van der Waals surface area contributed by atoms with Gasteiger partial charge in [-0.3, -0.25) is 0 Å². The molecule has 10 atom stereocenters. The highest BCUT2D eigenvalue weighted by molar-refractivity contribution is 5.01. The van der Waals surface area contributed by atoms with Crippen LogP contribution in [0.3, 0.4) is 0 Å². The highest BCUT2D eigenvalue weighted by atomic mass is 16.3. The minimum absolute atomic E-state index is 0.0351. The van der Waals surface area contributed by atoms with Crippen molar-refractivity contribution in [2.24, 2.45) is 40.4 Å². The lowest BCUT2D eigenvalue weighted by atomic mass is 9.56. The first-order valence-electron chi connectivity index (χ1n) is 12.6. The maximum Gasteiger partial charge on any atom is 0.0601 e. The summed E-state index contributed by atoms with van der Waals surface area (Å²) in [6, 6.07) is 0. The van der Waals surface area contributed by atoms with E-state index in [1.165, 1.54) is 12.8 Å². The van der Waals surface area contributed by atoms with Crippen LogP contribution < -0.4 is 0 Å². The number of aliphatic hydroxyl groups excluding tert-OH is 4. The zero-order valence-electron chi connectivity index (χ0n) is 20.5. The van der Waals surface area contributed by atoms with E-state index in [9.17, 15) is 20.4 Å². The number of hydrogen-bond acceptors (Lipinski definition) is 4. The molecule has 4 N–H and O–H groups in total. The first-order valence-corrected chi connectivity index (χ1v) is 12.6. The Labute approximate surface area is 185 Å². The van der Waals surface area contributed by atoms with Crippen molar-refractivity contribution < 1.29 is 20.4 Å². The number of hydrogen-bond donors (Lipinski definition) is 4.